The second-order valence-corrected chi connectivity index (χ2v) is 7.09. The largest absolute Gasteiger partial charge is 0.467 e. The lowest BCUT2D eigenvalue weighted by Gasteiger charge is -2.26. The first-order valence-corrected chi connectivity index (χ1v) is 9.44. The van der Waals surface area contributed by atoms with Crippen LogP contribution >= 0.6 is 22.9 Å². The van der Waals surface area contributed by atoms with Crippen LogP contribution in [0.2, 0.25) is 5.02 Å². The van der Waals surface area contributed by atoms with Gasteiger partial charge in [0.2, 0.25) is 5.88 Å². The molecule has 1 amide bonds. The zero-order valence-electron chi connectivity index (χ0n) is 13.9. The zero-order chi connectivity index (χ0) is 17.9. The highest BCUT2D eigenvalue weighted by atomic mass is 35.5. The van der Waals surface area contributed by atoms with E-state index in [2.05, 4.69) is 9.97 Å². The first kappa shape index (κ1) is 17.2. The van der Waals surface area contributed by atoms with Gasteiger partial charge in [0.1, 0.15) is 11.2 Å². The quantitative estimate of drug-likeness (QED) is 0.685. The molecule has 0 saturated carbocycles. The molecule has 1 fully saturated rings. The monoisotopic (exact) mass is 389 g/mol. The van der Waals surface area contributed by atoms with Gasteiger partial charge >= 0.3 is 0 Å². The molecular weight excluding hydrogens is 374 g/mol. The fourth-order valence-electron chi connectivity index (χ4n) is 2.83. The second kappa shape index (κ2) is 7.57. The maximum atomic E-state index is 12.3. The molecule has 1 aliphatic heterocycles. The lowest BCUT2D eigenvalue weighted by molar-refractivity contribution is -0.137. The molecule has 0 unspecified atom stereocenters. The summed E-state index contributed by atoms with van der Waals surface area (Å²) >= 11 is 7.50. The van der Waals surface area contributed by atoms with E-state index in [-0.39, 0.29) is 12.5 Å². The van der Waals surface area contributed by atoms with E-state index in [1.54, 1.807) is 4.90 Å². The summed E-state index contributed by atoms with van der Waals surface area (Å²) in [5.41, 5.74) is 1.97. The number of amides is 1. The molecule has 0 atom stereocenters. The molecule has 0 bridgehead atoms. The van der Waals surface area contributed by atoms with E-state index < -0.39 is 0 Å². The molecule has 3 heterocycles. The van der Waals surface area contributed by atoms with E-state index >= 15 is 0 Å². The third kappa shape index (κ3) is 3.51. The fourth-order valence-corrected chi connectivity index (χ4v) is 3.87. The fraction of sp³-hybridized carbons (Fsp3) is 0.278. The van der Waals surface area contributed by atoms with Gasteiger partial charge in [-0.2, -0.15) is 0 Å². The number of rotatable bonds is 4. The maximum Gasteiger partial charge on any atom is 0.260 e. The molecule has 4 rings (SSSR count). The van der Waals surface area contributed by atoms with Crippen molar-refractivity contribution in [2.75, 3.05) is 32.9 Å². The highest BCUT2D eigenvalue weighted by molar-refractivity contribution is 7.17. The molecular formula is C18H16ClN3O3S. The highest BCUT2D eigenvalue weighted by Gasteiger charge is 2.19. The number of thiophene rings is 1. The number of hydrogen-bond acceptors (Lipinski definition) is 6. The average Bonchev–Trinajstić information content (AvgIpc) is 3.12. The van der Waals surface area contributed by atoms with Gasteiger partial charge < -0.3 is 14.4 Å². The van der Waals surface area contributed by atoms with Gasteiger partial charge in [0.05, 0.1) is 18.6 Å². The first-order valence-electron chi connectivity index (χ1n) is 8.19. The van der Waals surface area contributed by atoms with Gasteiger partial charge in [-0.25, -0.2) is 9.97 Å². The maximum absolute atomic E-state index is 12.3. The van der Waals surface area contributed by atoms with Crippen LogP contribution in [-0.2, 0) is 9.53 Å². The lowest BCUT2D eigenvalue weighted by atomic mass is 10.1. The van der Waals surface area contributed by atoms with Crippen LogP contribution < -0.4 is 4.74 Å². The minimum atomic E-state index is -0.0664. The summed E-state index contributed by atoms with van der Waals surface area (Å²) in [4.78, 5) is 23.5. The number of fused-ring (bicyclic) bond motifs is 1. The van der Waals surface area contributed by atoms with E-state index in [0.717, 1.165) is 21.3 Å². The summed E-state index contributed by atoms with van der Waals surface area (Å²) in [5.74, 6) is 0.353. The Balaban J connectivity index is 1.59. The smallest absolute Gasteiger partial charge is 0.260 e. The van der Waals surface area contributed by atoms with Crippen molar-refractivity contribution in [3.05, 3.63) is 41.0 Å². The Bertz CT molecular complexity index is 923. The minimum Gasteiger partial charge on any atom is -0.467 e. The molecule has 0 spiro atoms. The number of carbonyl (C=O) groups excluding carboxylic acids is 1. The van der Waals surface area contributed by atoms with Gasteiger partial charge in [-0.05, 0) is 17.7 Å². The summed E-state index contributed by atoms with van der Waals surface area (Å²) in [7, 11) is 0. The molecule has 134 valence electrons. The van der Waals surface area contributed by atoms with E-state index in [1.165, 1.54) is 17.7 Å². The molecule has 26 heavy (non-hydrogen) atoms. The molecule has 8 heteroatoms. The molecule has 1 aliphatic rings. The second-order valence-electron chi connectivity index (χ2n) is 5.80. The van der Waals surface area contributed by atoms with Gasteiger partial charge in [0, 0.05) is 29.1 Å². The van der Waals surface area contributed by atoms with Gasteiger partial charge in [-0.1, -0.05) is 23.7 Å². The molecule has 0 N–H and O–H groups in total. The van der Waals surface area contributed by atoms with Crippen molar-refractivity contribution < 1.29 is 14.3 Å². The van der Waals surface area contributed by atoms with E-state index in [9.17, 15) is 4.79 Å². The number of nitrogens with zero attached hydrogens (tertiary/aromatic N) is 3. The van der Waals surface area contributed by atoms with Crippen LogP contribution in [0.5, 0.6) is 5.88 Å². The molecule has 6 nitrogen and oxygen atoms in total. The van der Waals surface area contributed by atoms with Crippen LogP contribution in [0.15, 0.2) is 36.0 Å². The van der Waals surface area contributed by atoms with Crippen LogP contribution in [0.1, 0.15) is 0 Å². The number of morpholine rings is 1. The number of halogens is 1. The van der Waals surface area contributed by atoms with Crippen molar-refractivity contribution in [1.29, 1.82) is 0 Å². The van der Waals surface area contributed by atoms with Crippen molar-refractivity contribution in [3.63, 3.8) is 0 Å². The van der Waals surface area contributed by atoms with Crippen molar-refractivity contribution >= 4 is 39.1 Å². The van der Waals surface area contributed by atoms with E-state index in [4.69, 9.17) is 21.1 Å². The molecule has 1 aromatic carbocycles. The number of hydrogen-bond donors (Lipinski definition) is 0. The standard InChI is InChI=1S/C18H16ClN3O3S/c19-13-3-1-12(2-4-13)14-10-26-18-16(14)17(20-11-21-18)25-9-15(23)22-5-7-24-8-6-22/h1-4,10-11H,5-9H2. The van der Waals surface area contributed by atoms with Crippen LogP contribution in [0.3, 0.4) is 0 Å². The Morgan fingerprint density at radius 1 is 1.23 bits per heavy atom. The van der Waals surface area contributed by atoms with Crippen LogP contribution in [0.4, 0.5) is 0 Å². The summed E-state index contributed by atoms with van der Waals surface area (Å²) < 4.78 is 11.0. The third-order valence-electron chi connectivity index (χ3n) is 4.19. The summed E-state index contributed by atoms with van der Waals surface area (Å²) in [6, 6.07) is 7.57. The Kier molecular flexibility index (Phi) is 5.01. The van der Waals surface area contributed by atoms with Crippen molar-refractivity contribution in [2.24, 2.45) is 0 Å². The van der Waals surface area contributed by atoms with Gasteiger partial charge in [-0.3, -0.25) is 4.79 Å². The van der Waals surface area contributed by atoms with Crippen LogP contribution in [0, 0.1) is 0 Å². The first-order chi connectivity index (χ1) is 12.7. The predicted molar refractivity (Wildman–Crippen MR) is 101 cm³/mol. The normalized spacial score (nSPS) is 14.6. The van der Waals surface area contributed by atoms with Crippen molar-refractivity contribution in [1.82, 2.24) is 14.9 Å². The SMILES string of the molecule is O=C(COc1ncnc2scc(-c3ccc(Cl)cc3)c12)N1CCOCC1. The predicted octanol–water partition coefficient (Wildman–Crippen LogP) is 3.25. The zero-order valence-corrected chi connectivity index (χ0v) is 15.4. The van der Waals surface area contributed by atoms with Gasteiger partial charge in [0.15, 0.2) is 6.61 Å². The molecule has 1 saturated heterocycles. The molecule has 3 aromatic rings. The van der Waals surface area contributed by atoms with Crippen molar-refractivity contribution in [3.8, 4) is 17.0 Å². The number of ether oxygens (including phenoxy) is 2. The van der Waals surface area contributed by atoms with E-state index in [1.807, 2.05) is 29.6 Å². The number of carbonyl (C=O) groups is 1. The summed E-state index contributed by atoms with van der Waals surface area (Å²) in [6.07, 6.45) is 1.46. The topological polar surface area (TPSA) is 64.5 Å². The van der Waals surface area contributed by atoms with Crippen LogP contribution in [-0.4, -0.2) is 53.7 Å². The summed E-state index contributed by atoms with van der Waals surface area (Å²) in [6.45, 7) is 2.26. The lowest BCUT2D eigenvalue weighted by Crippen LogP contribution is -2.43. The summed E-state index contributed by atoms with van der Waals surface area (Å²) in [5, 5.41) is 3.51. The van der Waals surface area contributed by atoms with Gasteiger partial charge in [-0.15, -0.1) is 11.3 Å². The Hall–Kier alpha value is -2.22. The number of benzene rings is 1. The highest BCUT2D eigenvalue weighted by Crippen LogP contribution is 2.37. The Labute approximate surface area is 159 Å². The number of aromatic nitrogens is 2. The van der Waals surface area contributed by atoms with Crippen molar-refractivity contribution in [2.45, 2.75) is 0 Å². The Morgan fingerprint density at radius 2 is 2.00 bits per heavy atom. The molecule has 2 aromatic heterocycles. The third-order valence-corrected chi connectivity index (χ3v) is 5.33. The van der Waals surface area contributed by atoms with Gasteiger partial charge in [0.25, 0.3) is 5.91 Å². The molecule has 0 aliphatic carbocycles. The average molecular weight is 390 g/mol. The minimum absolute atomic E-state index is 0.0536. The van der Waals surface area contributed by atoms with Crippen LogP contribution in [0.25, 0.3) is 21.3 Å². The molecule has 0 radical (unpaired) electrons. The Morgan fingerprint density at radius 3 is 2.77 bits per heavy atom. The van der Waals surface area contributed by atoms with E-state index in [0.29, 0.717) is 37.2 Å².